The Hall–Kier alpha value is -2.95. The first-order valence-corrected chi connectivity index (χ1v) is 28.1. The van der Waals surface area contributed by atoms with E-state index in [1.54, 1.807) is 6.08 Å². The van der Waals surface area contributed by atoms with Crippen LogP contribution >= 0.6 is 0 Å². The average molecular weight is 915 g/mol. The smallest absolute Gasteiger partial charge is 0.220 e. The molecule has 0 radical (unpaired) electrons. The van der Waals surface area contributed by atoms with Crippen molar-refractivity contribution in [3.63, 3.8) is 0 Å². The molecule has 1 amide bonds. The summed E-state index contributed by atoms with van der Waals surface area (Å²) in [7, 11) is 0. The second kappa shape index (κ2) is 56.4. The van der Waals surface area contributed by atoms with Gasteiger partial charge in [-0.3, -0.25) is 4.79 Å². The molecular weight excluding hydrogens is 807 g/mol. The maximum Gasteiger partial charge on any atom is 0.220 e. The second-order valence-corrected chi connectivity index (χ2v) is 18.6. The molecule has 2 atom stereocenters. The van der Waals surface area contributed by atoms with Gasteiger partial charge in [0.05, 0.1) is 18.8 Å². The average Bonchev–Trinajstić information content (AvgIpc) is 3.32. The Balaban J connectivity index is 3.62. The molecule has 0 saturated carbocycles. The van der Waals surface area contributed by atoms with Crippen LogP contribution in [0.4, 0.5) is 0 Å². The molecular formula is C62H107NO3. The third-order valence-electron chi connectivity index (χ3n) is 12.3. The van der Waals surface area contributed by atoms with Crippen molar-refractivity contribution in [2.75, 3.05) is 6.61 Å². The number of hydrogen-bond acceptors (Lipinski definition) is 3. The molecule has 378 valence electrons. The van der Waals surface area contributed by atoms with E-state index in [4.69, 9.17) is 0 Å². The molecule has 0 aromatic rings. The molecule has 0 aliphatic carbocycles. The van der Waals surface area contributed by atoms with Gasteiger partial charge in [-0.05, 0) is 83.5 Å². The molecule has 0 aliphatic heterocycles. The monoisotopic (exact) mass is 914 g/mol. The first kappa shape index (κ1) is 63.0. The number of carbonyl (C=O) groups excluding carboxylic acids is 1. The Bertz CT molecular complexity index is 1270. The largest absolute Gasteiger partial charge is 0.394 e. The number of carbonyl (C=O) groups is 1. The lowest BCUT2D eigenvalue weighted by molar-refractivity contribution is -0.123. The van der Waals surface area contributed by atoms with Crippen molar-refractivity contribution in [3.8, 4) is 0 Å². The van der Waals surface area contributed by atoms with Gasteiger partial charge in [-0.2, -0.15) is 0 Å². The number of aliphatic hydroxyl groups is 2. The molecule has 0 fully saturated rings. The van der Waals surface area contributed by atoms with E-state index in [2.05, 4.69) is 116 Å². The molecule has 0 spiro atoms. The lowest BCUT2D eigenvalue weighted by Crippen LogP contribution is -2.45. The summed E-state index contributed by atoms with van der Waals surface area (Å²) in [5, 5.41) is 23.2. The minimum absolute atomic E-state index is 0.0811. The maximum atomic E-state index is 12.5. The van der Waals surface area contributed by atoms with Crippen molar-refractivity contribution in [1.82, 2.24) is 5.32 Å². The molecule has 0 heterocycles. The van der Waals surface area contributed by atoms with E-state index in [1.807, 2.05) is 6.08 Å². The van der Waals surface area contributed by atoms with Crippen molar-refractivity contribution in [1.29, 1.82) is 0 Å². The molecule has 4 nitrogen and oxygen atoms in total. The first-order valence-electron chi connectivity index (χ1n) is 28.1. The third kappa shape index (κ3) is 52.0. The topological polar surface area (TPSA) is 69.6 Å². The second-order valence-electron chi connectivity index (χ2n) is 18.6. The van der Waals surface area contributed by atoms with Crippen molar-refractivity contribution in [3.05, 3.63) is 109 Å². The zero-order chi connectivity index (χ0) is 47.7. The van der Waals surface area contributed by atoms with Crippen LogP contribution in [0.1, 0.15) is 258 Å². The summed E-state index contributed by atoms with van der Waals surface area (Å²) in [5.74, 6) is -0.0811. The van der Waals surface area contributed by atoms with E-state index in [0.29, 0.717) is 6.42 Å². The molecule has 4 heteroatoms. The van der Waals surface area contributed by atoms with Gasteiger partial charge in [0.1, 0.15) is 0 Å². The van der Waals surface area contributed by atoms with Crippen LogP contribution in [-0.4, -0.2) is 34.9 Å². The van der Waals surface area contributed by atoms with Gasteiger partial charge in [0.25, 0.3) is 0 Å². The summed E-state index contributed by atoms with van der Waals surface area (Å²) in [4.78, 5) is 12.5. The van der Waals surface area contributed by atoms with Crippen molar-refractivity contribution in [2.45, 2.75) is 270 Å². The summed E-state index contributed by atoms with van der Waals surface area (Å²) in [6, 6.07) is -0.639. The Morgan fingerprint density at radius 1 is 0.379 bits per heavy atom. The summed E-state index contributed by atoms with van der Waals surface area (Å²) >= 11 is 0. The summed E-state index contributed by atoms with van der Waals surface area (Å²) in [6.07, 6.45) is 85.2. The quantitative estimate of drug-likeness (QED) is 0.0421. The predicted octanol–water partition coefficient (Wildman–Crippen LogP) is 18.7. The predicted molar refractivity (Wildman–Crippen MR) is 294 cm³/mol. The molecule has 66 heavy (non-hydrogen) atoms. The number of nitrogens with one attached hydrogen (secondary N) is 1. The van der Waals surface area contributed by atoms with Gasteiger partial charge in [-0.25, -0.2) is 0 Å². The third-order valence-corrected chi connectivity index (χ3v) is 12.3. The highest BCUT2D eigenvalue weighted by atomic mass is 16.3. The van der Waals surface area contributed by atoms with Gasteiger partial charge in [0, 0.05) is 6.42 Å². The molecule has 0 aliphatic rings. The fraction of sp³-hybridized carbons (Fsp3) is 0.694. The number of unbranched alkanes of at least 4 members (excludes halogenated alkanes) is 27. The van der Waals surface area contributed by atoms with Crippen molar-refractivity contribution < 1.29 is 15.0 Å². The van der Waals surface area contributed by atoms with Crippen LogP contribution in [0.5, 0.6) is 0 Å². The van der Waals surface area contributed by atoms with Crippen LogP contribution in [0.25, 0.3) is 0 Å². The molecule has 0 saturated heterocycles. The zero-order valence-corrected chi connectivity index (χ0v) is 43.4. The number of allylic oxidation sites excluding steroid dienone is 17. The standard InChI is InChI=1S/C62H107NO3/c1-3-5-7-9-11-13-15-17-19-21-23-25-27-28-29-30-31-32-33-34-36-38-40-42-44-46-48-50-52-54-56-58-62(66)63-60(59-64)61(65)57-55-53-51-49-47-45-43-41-39-37-35-26-24-22-20-18-16-14-12-10-8-6-4-2/h5,7,11,13,17,19,23,25,28-29,31-32,34,36,40,42,55,57,60-61,64-65H,3-4,6,8-10,12,14-16,18,20-22,24,26-27,30,33,35,37-39,41,43-54,56,58-59H2,1-2H3,(H,63,66)/b7-5-,13-11-,19-17-,25-23-,29-28-,32-31-,36-34-,42-40-,57-55+. The molecule has 3 N–H and O–H groups in total. The van der Waals surface area contributed by atoms with Gasteiger partial charge in [-0.15, -0.1) is 0 Å². The highest BCUT2D eigenvalue weighted by Gasteiger charge is 2.18. The number of hydrogen-bond donors (Lipinski definition) is 3. The van der Waals surface area contributed by atoms with E-state index in [1.165, 1.54) is 148 Å². The van der Waals surface area contributed by atoms with E-state index in [9.17, 15) is 15.0 Å². The number of rotatable bonds is 50. The minimum atomic E-state index is -0.854. The number of aliphatic hydroxyl groups excluding tert-OH is 2. The van der Waals surface area contributed by atoms with Crippen LogP contribution in [-0.2, 0) is 4.79 Å². The van der Waals surface area contributed by atoms with E-state index < -0.39 is 12.1 Å². The Morgan fingerprint density at radius 2 is 0.667 bits per heavy atom. The van der Waals surface area contributed by atoms with E-state index in [0.717, 1.165) is 89.9 Å². The summed E-state index contributed by atoms with van der Waals surface area (Å²) in [5.41, 5.74) is 0. The van der Waals surface area contributed by atoms with Crippen LogP contribution < -0.4 is 5.32 Å². The van der Waals surface area contributed by atoms with E-state index >= 15 is 0 Å². The van der Waals surface area contributed by atoms with Gasteiger partial charge < -0.3 is 15.5 Å². The maximum absolute atomic E-state index is 12.5. The van der Waals surface area contributed by atoms with Crippen molar-refractivity contribution in [2.24, 2.45) is 0 Å². The summed E-state index contributed by atoms with van der Waals surface area (Å²) < 4.78 is 0. The molecule has 0 aromatic heterocycles. The zero-order valence-electron chi connectivity index (χ0n) is 43.4. The van der Waals surface area contributed by atoms with Gasteiger partial charge >= 0.3 is 0 Å². The lowest BCUT2D eigenvalue weighted by Gasteiger charge is -2.20. The van der Waals surface area contributed by atoms with Gasteiger partial charge in [-0.1, -0.05) is 277 Å². The Morgan fingerprint density at radius 3 is 1.00 bits per heavy atom. The van der Waals surface area contributed by atoms with Crippen LogP contribution in [0, 0.1) is 0 Å². The number of amides is 1. The fourth-order valence-corrected chi connectivity index (χ4v) is 8.02. The highest BCUT2D eigenvalue weighted by molar-refractivity contribution is 5.76. The van der Waals surface area contributed by atoms with Crippen LogP contribution in [0.3, 0.4) is 0 Å². The molecule has 0 bridgehead atoms. The lowest BCUT2D eigenvalue weighted by atomic mass is 10.0. The summed E-state index contributed by atoms with van der Waals surface area (Å²) in [6.45, 7) is 4.20. The van der Waals surface area contributed by atoms with Crippen LogP contribution in [0.2, 0.25) is 0 Å². The molecule has 2 unspecified atom stereocenters. The molecule has 0 rings (SSSR count). The minimum Gasteiger partial charge on any atom is -0.394 e. The van der Waals surface area contributed by atoms with Crippen molar-refractivity contribution >= 4 is 5.91 Å². The SMILES string of the molecule is CC/C=C\C/C=C\C/C=C\C/C=C\C/C=C\C/C=C\C/C=C\C/C=C\CCCCCCCCC(=O)NC(CO)C(O)/C=C/CCCCCCCCCCCCCCCCCCCCCCC. The molecule has 0 aromatic carbocycles. The van der Waals surface area contributed by atoms with Gasteiger partial charge in [0.15, 0.2) is 0 Å². The Kier molecular flexibility index (Phi) is 53.9. The highest BCUT2D eigenvalue weighted by Crippen LogP contribution is 2.16. The van der Waals surface area contributed by atoms with Crippen LogP contribution in [0.15, 0.2) is 109 Å². The Labute approximate surface area is 410 Å². The normalized spacial score (nSPS) is 13.7. The van der Waals surface area contributed by atoms with Gasteiger partial charge in [0.2, 0.25) is 5.91 Å². The fourth-order valence-electron chi connectivity index (χ4n) is 8.02. The van der Waals surface area contributed by atoms with E-state index in [-0.39, 0.29) is 12.5 Å². The first-order chi connectivity index (χ1) is 32.7.